The van der Waals surface area contributed by atoms with Crippen molar-refractivity contribution in [2.24, 2.45) is 0 Å². The molecule has 4 nitrogen and oxygen atoms in total. The van der Waals surface area contributed by atoms with Crippen LogP contribution in [0.25, 0.3) is 0 Å². The summed E-state index contributed by atoms with van der Waals surface area (Å²) in [7, 11) is -3.75. The molecular weight excluding hydrogens is 390 g/mol. The third kappa shape index (κ3) is 5.22. The monoisotopic (exact) mass is 415 g/mol. The number of hydrogen-bond acceptors (Lipinski definition) is 4. The van der Waals surface area contributed by atoms with Gasteiger partial charge in [0.15, 0.2) is 5.78 Å². The minimum absolute atomic E-state index is 0.0639. The Balaban J connectivity index is 2.30. The standard InChI is InChI=1S/C22H25NO3S2/c1-5-6-15-23(28(25,26)19-13-11-17(2)12-14-19)16-18(3)22(24)20-9-7-8-10-21(20)27-4/h5,7-14H,1,3,6,15-16H2,2,4H3. The van der Waals surface area contributed by atoms with Gasteiger partial charge in [-0.15, -0.1) is 18.3 Å². The molecule has 0 aliphatic rings. The third-order valence-electron chi connectivity index (χ3n) is 4.28. The maximum atomic E-state index is 13.1. The summed E-state index contributed by atoms with van der Waals surface area (Å²) in [5.41, 5.74) is 1.75. The molecule has 0 amide bonds. The van der Waals surface area contributed by atoms with E-state index >= 15 is 0 Å². The molecule has 148 valence electrons. The summed E-state index contributed by atoms with van der Waals surface area (Å²) in [4.78, 5) is 13.9. The van der Waals surface area contributed by atoms with E-state index in [9.17, 15) is 13.2 Å². The Morgan fingerprint density at radius 2 is 1.79 bits per heavy atom. The number of Topliss-reactive ketones (excluding diaryl/α,β-unsaturated/α-hetero) is 1. The minimum atomic E-state index is -3.75. The van der Waals surface area contributed by atoms with Gasteiger partial charge in [0.25, 0.3) is 0 Å². The van der Waals surface area contributed by atoms with Crippen molar-refractivity contribution in [2.75, 3.05) is 19.3 Å². The molecule has 0 saturated carbocycles. The zero-order chi connectivity index (χ0) is 20.7. The quantitative estimate of drug-likeness (QED) is 0.244. The van der Waals surface area contributed by atoms with Crippen molar-refractivity contribution in [1.82, 2.24) is 4.31 Å². The van der Waals surface area contributed by atoms with E-state index in [1.807, 2.05) is 25.3 Å². The lowest BCUT2D eigenvalue weighted by molar-refractivity contribution is 0.102. The topological polar surface area (TPSA) is 54.5 Å². The molecule has 2 aromatic carbocycles. The van der Waals surface area contributed by atoms with Crippen molar-refractivity contribution < 1.29 is 13.2 Å². The van der Waals surface area contributed by atoms with Crippen LogP contribution in [0.4, 0.5) is 0 Å². The minimum Gasteiger partial charge on any atom is -0.289 e. The zero-order valence-electron chi connectivity index (χ0n) is 16.2. The lowest BCUT2D eigenvalue weighted by Crippen LogP contribution is -2.35. The van der Waals surface area contributed by atoms with Crippen molar-refractivity contribution >= 4 is 27.6 Å². The van der Waals surface area contributed by atoms with Crippen LogP contribution in [0.1, 0.15) is 22.3 Å². The number of hydrogen-bond donors (Lipinski definition) is 0. The van der Waals surface area contributed by atoms with E-state index in [1.165, 1.54) is 16.1 Å². The lowest BCUT2D eigenvalue weighted by atomic mass is 10.0. The smallest absolute Gasteiger partial charge is 0.243 e. The van der Waals surface area contributed by atoms with Crippen LogP contribution < -0.4 is 0 Å². The fourth-order valence-electron chi connectivity index (χ4n) is 2.69. The second-order valence-corrected chi connectivity index (χ2v) is 9.15. The largest absolute Gasteiger partial charge is 0.289 e. The summed E-state index contributed by atoms with van der Waals surface area (Å²) in [6.07, 6.45) is 4.03. The van der Waals surface area contributed by atoms with Gasteiger partial charge in [0.2, 0.25) is 10.0 Å². The lowest BCUT2D eigenvalue weighted by Gasteiger charge is -2.23. The molecule has 0 aliphatic carbocycles. The number of nitrogens with zero attached hydrogens (tertiary/aromatic N) is 1. The number of ketones is 1. The van der Waals surface area contributed by atoms with Crippen LogP contribution >= 0.6 is 11.8 Å². The van der Waals surface area contributed by atoms with Gasteiger partial charge < -0.3 is 0 Å². The molecular formula is C22H25NO3S2. The molecule has 0 aliphatic heterocycles. The van der Waals surface area contributed by atoms with Crippen molar-refractivity contribution in [3.8, 4) is 0 Å². The van der Waals surface area contributed by atoms with Gasteiger partial charge in [-0.05, 0) is 43.9 Å². The third-order valence-corrected chi connectivity index (χ3v) is 6.94. The maximum Gasteiger partial charge on any atom is 0.243 e. The Morgan fingerprint density at radius 3 is 2.39 bits per heavy atom. The fraction of sp³-hybridized carbons (Fsp3) is 0.227. The molecule has 0 fully saturated rings. The molecule has 2 aromatic rings. The van der Waals surface area contributed by atoms with E-state index in [-0.39, 0.29) is 29.3 Å². The molecule has 2 rings (SSSR count). The Labute approximate surface area is 172 Å². The molecule has 28 heavy (non-hydrogen) atoms. The molecule has 0 heterocycles. The van der Waals surface area contributed by atoms with E-state index < -0.39 is 10.0 Å². The maximum absolute atomic E-state index is 13.1. The summed E-state index contributed by atoms with van der Waals surface area (Å²) in [6, 6.07) is 13.9. The fourth-order valence-corrected chi connectivity index (χ4v) is 4.73. The van der Waals surface area contributed by atoms with Crippen molar-refractivity contribution in [3.05, 3.63) is 84.5 Å². The highest BCUT2D eigenvalue weighted by Crippen LogP contribution is 2.24. The van der Waals surface area contributed by atoms with Crippen LogP contribution in [-0.4, -0.2) is 37.9 Å². The number of thioether (sulfide) groups is 1. The van der Waals surface area contributed by atoms with Crippen LogP contribution in [0.3, 0.4) is 0 Å². The summed E-state index contributed by atoms with van der Waals surface area (Å²) >= 11 is 1.47. The molecule has 6 heteroatoms. The number of carbonyl (C=O) groups excluding carboxylic acids is 1. The summed E-state index contributed by atoms with van der Waals surface area (Å²) in [5.74, 6) is -0.243. The predicted octanol–water partition coefficient (Wildman–Crippen LogP) is 4.72. The first-order valence-corrected chi connectivity index (χ1v) is 11.5. The van der Waals surface area contributed by atoms with E-state index in [2.05, 4.69) is 13.2 Å². The number of aryl methyl sites for hydroxylation is 1. The van der Waals surface area contributed by atoms with Gasteiger partial charge in [-0.2, -0.15) is 4.31 Å². The second kappa shape index (κ2) is 9.87. The van der Waals surface area contributed by atoms with Crippen LogP contribution in [0.2, 0.25) is 0 Å². The highest BCUT2D eigenvalue weighted by molar-refractivity contribution is 7.98. The molecule has 0 atom stereocenters. The molecule has 0 unspecified atom stereocenters. The second-order valence-electron chi connectivity index (χ2n) is 6.36. The number of benzene rings is 2. The van der Waals surface area contributed by atoms with Crippen molar-refractivity contribution in [3.63, 3.8) is 0 Å². The first-order valence-electron chi connectivity index (χ1n) is 8.84. The zero-order valence-corrected chi connectivity index (χ0v) is 17.9. The highest BCUT2D eigenvalue weighted by atomic mass is 32.2. The van der Waals surface area contributed by atoms with E-state index in [0.717, 1.165) is 10.5 Å². The predicted molar refractivity (Wildman–Crippen MR) is 116 cm³/mol. The molecule has 0 bridgehead atoms. The van der Waals surface area contributed by atoms with Crippen LogP contribution in [0.15, 0.2) is 83.1 Å². The Hall–Kier alpha value is -2.15. The number of carbonyl (C=O) groups is 1. The first kappa shape index (κ1) is 22.1. The average Bonchev–Trinajstić information content (AvgIpc) is 2.70. The van der Waals surface area contributed by atoms with Gasteiger partial charge in [-0.25, -0.2) is 8.42 Å². The van der Waals surface area contributed by atoms with Gasteiger partial charge in [-0.1, -0.05) is 42.5 Å². The number of rotatable bonds is 10. The normalized spacial score (nSPS) is 11.4. The Kier molecular flexibility index (Phi) is 7.80. The van der Waals surface area contributed by atoms with E-state index in [4.69, 9.17) is 0 Å². The van der Waals surface area contributed by atoms with Crippen molar-refractivity contribution in [2.45, 2.75) is 23.1 Å². The number of sulfonamides is 1. The van der Waals surface area contributed by atoms with Gasteiger partial charge in [-0.3, -0.25) is 4.79 Å². The SMILES string of the molecule is C=CCCN(CC(=C)C(=O)c1ccccc1SC)S(=O)(=O)c1ccc(C)cc1. The molecule has 0 aromatic heterocycles. The van der Waals surface area contributed by atoms with Crippen LogP contribution in [0, 0.1) is 6.92 Å². The average molecular weight is 416 g/mol. The van der Waals surface area contributed by atoms with Gasteiger partial charge >= 0.3 is 0 Å². The highest BCUT2D eigenvalue weighted by Gasteiger charge is 2.26. The molecule has 0 N–H and O–H groups in total. The van der Waals surface area contributed by atoms with Crippen molar-refractivity contribution in [1.29, 1.82) is 0 Å². The Morgan fingerprint density at radius 1 is 1.14 bits per heavy atom. The first-order chi connectivity index (χ1) is 13.3. The van der Waals surface area contributed by atoms with E-state index in [0.29, 0.717) is 12.0 Å². The van der Waals surface area contributed by atoms with Crippen LogP contribution in [-0.2, 0) is 10.0 Å². The molecule has 0 radical (unpaired) electrons. The van der Waals surface area contributed by atoms with Gasteiger partial charge in [0.1, 0.15) is 0 Å². The summed E-state index contributed by atoms with van der Waals surface area (Å²) < 4.78 is 27.5. The van der Waals surface area contributed by atoms with E-state index in [1.54, 1.807) is 42.5 Å². The molecule has 0 saturated heterocycles. The summed E-state index contributed by atoms with van der Waals surface area (Å²) in [5, 5.41) is 0. The molecule has 0 spiro atoms. The van der Waals surface area contributed by atoms with Gasteiger partial charge in [0.05, 0.1) is 4.90 Å². The van der Waals surface area contributed by atoms with Gasteiger partial charge in [0, 0.05) is 29.1 Å². The Bertz CT molecular complexity index is 964. The van der Waals surface area contributed by atoms with Crippen LogP contribution in [0.5, 0.6) is 0 Å². The summed E-state index contributed by atoms with van der Waals surface area (Å²) in [6.45, 7) is 9.62.